The van der Waals surface area contributed by atoms with E-state index in [0.29, 0.717) is 13.2 Å². The molecule has 9 heteroatoms. The van der Waals surface area contributed by atoms with Gasteiger partial charge in [-0.05, 0) is 43.3 Å². The van der Waals surface area contributed by atoms with Crippen molar-refractivity contribution in [3.05, 3.63) is 64.0 Å². The van der Waals surface area contributed by atoms with Gasteiger partial charge in [-0.1, -0.05) is 24.8 Å². The van der Waals surface area contributed by atoms with E-state index in [1.807, 2.05) is 18.4 Å². The van der Waals surface area contributed by atoms with E-state index in [0.717, 1.165) is 38.7 Å². The van der Waals surface area contributed by atoms with Crippen LogP contribution in [-0.2, 0) is 14.3 Å². The number of thioether (sulfide) groups is 2. The van der Waals surface area contributed by atoms with Crippen molar-refractivity contribution in [3.63, 3.8) is 0 Å². The molecule has 32 heavy (non-hydrogen) atoms. The van der Waals surface area contributed by atoms with E-state index < -0.39 is 0 Å². The number of carbonyl (C=O) groups is 1. The van der Waals surface area contributed by atoms with Gasteiger partial charge in [-0.15, -0.1) is 23.5 Å². The predicted octanol–water partition coefficient (Wildman–Crippen LogP) is 5.60. The third-order valence-electron chi connectivity index (χ3n) is 4.49. The summed E-state index contributed by atoms with van der Waals surface area (Å²) in [4.78, 5) is 20.6. The van der Waals surface area contributed by atoms with Crippen LogP contribution < -0.4 is 4.31 Å². The Balaban J connectivity index is 1.72. The lowest BCUT2D eigenvalue weighted by molar-refractivity contribution is -0.148. The Bertz CT molecular complexity index is 1060. The molecule has 0 bridgehead atoms. The Hall–Kier alpha value is -2.07. The monoisotopic (exact) mass is 489 g/mol. The van der Waals surface area contributed by atoms with Gasteiger partial charge in [0.2, 0.25) is 0 Å². The maximum absolute atomic E-state index is 11.4. The first-order valence-corrected chi connectivity index (χ1v) is 13.1. The first-order valence-electron chi connectivity index (χ1n) is 10.1. The van der Waals surface area contributed by atoms with Gasteiger partial charge in [0.05, 0.1) is 40.1 Å². The molecule has 1 aromatic carbocycles. The summed E-state index contributed by atoms with van der Waals surface area (Å²) in [5, 5.41) is 1.14. The molecule has 3 rings (SSSR count). The van der Waals surface area contributed by atoms with Crippen molar-refractivity contribution >= 4 is 63.7 Å². The van der Waals surface area contributed by atoms with Gasteiger partial charge in [-0.3, -0.25) is 4.99 Å². The lowest BCUT2D eigenvalue weighted by Crippen LogP contribution is -2.14. The van der Waals surface area contributed by atoms with Crippen LogP contribution in [0, 0.1) is 0 Å². The molecule has 0 radical (unpaired) electrons. The van der Waals surface area contributed by atoms with Gasteiger partial charge in [-0.2, -0.15) is 0 Å². The second-order valence-electron chi connectivity index (χ2n) is 6.70. The fourth-order valence-corrected chi connectivity index (χ4v) is 5.41. The highest BCUT2D eigenvalue weighted by Crippen LogP contribution is 2.36. The zero-order chi connectivity index (χ0) is 22.9. The van der Waals surface area contributed by atoms with Crippen LogP contribution >= 0.6 is 35.5 Å². The fourth-order valence-electron chi connectivity index (χ4n) is 3.02. The number of nitrogens with one attached hydrogen (secondary N) is 1. The largest absolute Gasteiger partial charge is 0.464 e. The van der Waals surface area contributed by atoms with Crippen LogP contribution in [0.5, 0.6) is 0 Å². The van der Waals surface area contributed by atoms with E-state index >= 15 is 0 Å². The molecule has 0 spiro atoms. The van der Waals surface area contributed by atoms with Crippen molar-refractivity contribution in [3.8, 4) is 0 Å². The summed E-state index contributed by atoms with van der Waals surface area (Å²) in [7, 11) is 2.06. The number of hydrogen-bond donors (Lipinski definition) is 1. The van der Waals surface area contributed by atoms with Crippen LogP contribution in [0.4, 0.5) is 5.69 Å². The topological polar surface area (TPSA) is 66.9 Å². The van der Waals surface area contributed by atoms with Gasteiger partial charge in [0.1, 0.15) is 6.61 Å². The van der Waals surface area contributed by atoms with Crippen molar-refractivity contribution in [1.29, 1.82) is 0 Å². The van der Waals surface area contributed by atoms with Crippen LogP contribution in [0.25, 0.3) is 10.9 Å². The van der Waals surface area contributed by atoms with Crippen molar-refractivity contribution < 1.29 is 14.3 Å². The zero-order valence-corrected chi connectivity index (χ0v) is 20.9. The second kappa shape index (κ2) is 12.2. The predicted molar refractivity (Wildman–Crippen MR) is 141 cm³/mol. The van der Waals surface area contributed by atoms with Crippen LogP contribution in [-0.4, -0.2) is 55.5 Å². The summed E-state index contributed by atoms with van der Waals surface area (Å²) >= 11 is 5.03. The van der Waals surface area contributed by atoms with Crippen LogP contribution in [0.15, 0.2) is 63.3 Å². The summed E-state index contributed by atoms with van der Waals surface area (Å²) in [6, 6.07) is 8.42. The van der Waals surface area contributed by atoms with Crippen molar-refractivity contribution in [2.45, 2.75) is 6.92 Å². The Morgan fingerprint density at radius 3 is 2.97 bits per heavy atom. The summed E-state index contributed by atoms with van der Waals surface area (Å²) in [6.45, 7) is 6.24. The molecule has 1 aliphatic heterocycles. The number of aliphatic imine (C=N–C) groups is 1. The Labute approximate surface area is 201 Å². The highest BCUT2D eigenvalue weighted by Gasteiger charge is 2.16. The van der Waals surface area contributed by atoms with E-state index in [9.17, 15) is 4.79 Å². The maximum Gasteiger partial charge on any atom is 0.332 e. The van der Waals surface area contributed by atoms with Gasteiger partial charge >= 0.3 is 5.97 Å². The minimum Gasteiger partial charge on any atom is -0.464 e. The minimum atomic E-state index is -0.347. The van der Waals surface area contributed by atoms with E-state index in [1.54, 1.807) is 42.4 Å². The van der Waals surface area contributed by atoms with Gasteiger partial charge in [0.25, 0.3) is 0 Å². The molecule has 0 saturated carbocycles. The summed E-state index contributed by atoms with van der Waals surface area (Å²) in [5.74, 6) is 0.389. The molecule has 0 saturated heterocycles. The van der Waals surface area contributed by atoms with Crippen molar-refractivity contribution in [1.82, 2.24) is 4.98 Å². The normalized spacial score (nSPS) is 14.2. The number of aromatic amines is 1. The molecular formula is C23H27N3O3S3. The number of nitrogens with zero attached hydrogens (tertiary/aromatic N) is 2. The SMILES string of the molecule is C=C/C=C(\SC)SN(C)c1cccc2cc(C3=NC=C(COCC(=O)OCC)SC3)[nH]c12. The van der Waals surface area contributed by atoms with E-state index in [-0.39, 0.29) is 12.6 Å². The summed E-state index contributed by atoms with van der Waals surface area (Å²) < 4.78 is 13.6. The number of H-pyrrole nitrogens is 1. The highest BCUT2D eigenvalue weighted by atomic mass is 32.2. The molecule has 6 nitrogen and oxygen atoms in total. The first kappa shape index (κ1) is 24.6. The van der Waals surface area contributed by atoms with Gasteiger partial charge < -0.3 is 18.8 Å². The fraction of sp³-hybridized carbons (Fsp3) is 0.304. The summed E-state index contributed by atoms with van der Waals surface area (Å²) in [6.07, 6.45) is 7.70. The van der Waals surface area contributed by atoms with Gasteiger partial charge in [0, 0.05) is 29.3 Å². The van der Waals surface area contributed by atoms with E-state index in [2.05, 4.69) is 58.4 Å². The first-order chi connectivity index (χ1) is 15.5. The quantitative estimate of drug-likeness (QED) is 0.250. The second-order valence-corrected chi connectivity index (χ2v) is 10.1. The lowest BCUT2D eigenvalue weighted by atomic mass is 10.2. The molecule has 1 aliphatic rings. The molecule has 170 valence electrons. The molecule has 0 fully saturated rings. The van der Waals surface area contributed by atoms with Crippen LogP contribution in [0.1, 0.15) is 12.6 Å². The molecule has 0 aliphatic carbocycles. The average molecular weight is 490 g/mol. The number of rotatable bonds is 11. The lowest BCUT2D eigenvalue weighted by Gasteiger charge is -2.19. The molecule has 2 heterocycles. The number of fused-ring (bicyclic) bond motifs is 1. The van der Waals surface area contributed by atoms with Crippen molar-refractivity contribution in [2.24, 2.45) is 4.99 Å². The number of ether oxygens (including phenoxy) is 2. The molecule has 0 amide bonds. The highest BCUT2D eigenvalue weighted by molar-refractivity contribution is 8.22. The number of anilines is 1. The number of para-hydroxylation sites is 1. The van der Waals surface area contributed by atoms with Crippen LogP contribution in [0.3, 0.4) is 0 Å². The van der Waals surface area contributed by atoms with Gasteiger partial charge in [0.15, 0.2) is 0 Å². The number of carbonyl (C=O) groups excluding carboxylic acids is 1. The van der Waals surface area contributed by atoms with Crippen molar-refractivity contribution in [2.75, 3.05) is 43.2 Å². The molecule has 2 aromatic rings. The average Bonchev–Trinajstić information content (AvgIpc) is 3.23. The van der Waals surface area contributed by atoms with E-state index in [1.165, 1.54) is 4.24 Å². The summed E-state index contributed by atoms with van der Waals surface area (Å²) in [5.41, 5.74) is 4.18. The van der Waals surface area contributed by atoms with Crippen LogP contribution in [0.2, 0.25) is 0 Å². The molecule has 1 N–H and O–H groups in total. The Morgan fingerprint density at radius 1 is 1.44 bits per heavy atom. The Kier molecular flexibility index (Phi) is 9.40. The maximum atomic E-state index is 11.4. The number of hydrogen-bond acceptors (Lipinski definition) is 8. The number of benzene rings is 1. The van der Waals surface area contributed by atoms with Gasteiger partial charge in [-0.25, -0.2) is 4.79 Å². The standard InChI is InChI=1S/C23H27N3O3S3/c1-5-8-22(30-4)32-26(3)20-10-7-9-16-11-18(25-23(16)20)19-15-31-17(12-24-19)13-28-14-21(27)29-6-2/h5,7-12,25H,1,6,13-15H2,2-4H3/b22-8+. The zero-order valence-electron chi connectivity index (χ0n) is 18.4. The third-order valence-corrected chi connectivity index (χ3v) is 7.56. The number of aromatic nitrogens is 1. The van der Waals surface area contributed by atoms with E-state index in [4.69, 9.17) is 9.47 Å². The molecule has 0 unspecified atom stereocenters. The molecule has 0 atom stereocenters. The number of allylic oxidation sites excluding steroid dienone is 2. The third kappa shape index (κ3) is 6.48. The minimum absolute atomic E-state index is 0.0428. The Morgan fingerprint density at radius 2 is 2.28 bits per heavy atom. The molecule has 1 aromatic heterocycles. The smallest absolute Gasteiger partial charge is 0.332 e. The number of esters is 1. The molecular weight excluding hydrogens is 462 g/mol.